The number of amides is 1. The van der Waals surface area contributed by atoms with Gasteiger partial charge in [0.1, 0.15) is 17.7 Å². The first-order valence-electron chi connectivity index (χ1n) is 6.92. The Morgan fingerprint density at radius 2 is 1.70 bits per heavy atom. The second-order valence-electron chi connectivity index (χ2n) is 4.72. The fraction of sp³-hybridized carbons (Fsp3) is 0.0556. The SMILES string of the molecule is N#CC(C#N)=CNc1cccc(NC(=O)Cc2ccccc2)c1. The van der Waals surface area contributed by atoms with Gasteiger partial charge < -0.3 is 10.6 Å². The number of allylic oxidation sites excluding steroid dienone is 1. The molecule has 0 aliphatic rings. The standard InChI is InChI=1S/C18H14N4O/c19-11-15(12-20)13-21-16-7-4-8-17(10-16)22-18(23)9-14-5-2-1-3-6-14/h1-8,10,13,21H,9H2,(H,22,23). The molecule has 5 nitrogen and oxygen atoms in total. The van der Waals surface area contributed by atoms with Crippen LogP contribution in [0.4, 0.5) is 11.4 Å². The van der Waals surface area contributed by atoms with E-state index in [0.717, 1.165) is 5.56 Å². The third-order valence-corrected chi connectivity index (χ3v) is 2.98. The second-order valence-corrected chi connectivity index (χ2v) is 4.72. The molecule has 2 N–H and O–H groups in total. The molecule has 0 saturated heterocycles. The molecular weight excluding hydrogens is 288 g/mol. The zero-order valence-electron chi connectivity index (χ0n) is 12.3. The van der Waals surface area contributed by atoms with Crippen molar-refractivity contribution in [2.75, 3.05) is 10.6 Å². The first-order valence-corrected chi connectivity index (χ1v) is 6.92. The highest BCUT2D eigenvalue weighted by molar-refractivity contribution is 5.92. The number of nitriles is 2. The predicted molar refractivity (Wildman–Crippen MR) is 88.1 cm³/mol. The number of benzene rings is 2. The van der Waals surface area contributed by atoms with Gasteiger partial charge >= 0.3 is 0 Å². The van der Waals surface area contributed by atoms with E-state index in [4.69, 9.17) is 10.5 Å². The van der Waals surface area contributed by atoms with Crippen LogP contribution in [0.1, 0.15) is 5.56 Å². The molecule has 2 rings (SSSR count). The second kappa shape index (κ2) is 8.02. The highest BCUT2D eigenvalue weighted by atomic mass is 16.1. The number of nitrogens with one attached hydrogen (secondary N) is 2. The van der Waals surface area contributed by atoms with Gasteiger partial charge in [-0.2, -0.15) is 10.5 Å². The highest BCUT2D eigenvalue weighted by Crippen LogP contribution is 2.16. The van der Waals surface area contributed by atoms with Gasteiger partial charge in [0.15, 0.2) is 0 Å². The van der Waals surface area contributed by atoms with Crippen molar-refractivity contribution < 1.29 is 4.79 Å². The van der Waals surface area contributed by atoms with E-state index >= 15 is 0 Å². The summed E-state index contributed by atoms with van der Waals surface area (Å²) in [4.78, 5) is 12.0. The maximum Gasteiger partial charge on any atom is 0.228 e. The van der Waals surface area contributed by atoms with Gasteiger partial charge in [-0.1, -0.05) is 36.4 Å². The summed E-state index contributed by atoms with van der Waals surface area (Å²) < 4.78 is 0. The average molecular weight is 302 g/mol. The molecule has 0 radical (unpaired) electrons. The molecule has 0 aliphatic carbocycles. The summed E-state index contributed by atoms with van der Waals surface area (Å²) >= 11 is 0. The number of nitrogens with zero attached hydrogens (tertiary/aromatic N) is 2. The van der Waals surface area contributed by atoms with Gasteiger partial charge in [-0.05, 0) is 23.8 Å². The zero-order valence-corrected chi connectivity index (χ0v) is 12.3. The number of rotatable bonds is 5. The molecule has 0 atom stereocenters. The summed E-state index contributed by atoms with van der Waals surface area (Å²) in [5.41, 5.74) is 2.23. The van der Waals surface area contributed by atoms with Gasteiger partial charge in [-0.25, -0.2) is 0 Å². The van der Waals surface area contributed by atoms with Crippen LogP contribution in [0.3, 0.4) is 0 Å². The third-order valence-electron chi connectivity index (χ3n) is 2.98. The number of hydrogen-bond acceptors (Lipinski definition) is 4. The topological polar surface area (TPSA) is 88.7 Å². The molecule has 0 saturated carbocycles. The van der Waals surface area contributed by atoms with Crippen LogP contribution < -0.4 is 10.6 Å². The summed E-state index contributed by atoms with van der Waals surface area (Å²) in [6, 6.07) is 20.0. The minimum Gasteiger partial charge on any atom is -0.360 e. The number of hydrogen-bond donors (Lipinski definition) is 2. The first-order chi connectivity index (χ1) is 11.2. The lowest BCUT2D eigenvalue weighted by Crippen LogP contribution is -2.14. The van der Waals surface area contributed by atoms with Crippen LogP contribution >= 0.6 is 0 Å². The minimum absolute atomic E-state index is 0.0245. The fourth-order valence-electron chi connectivity index (χ4n) is 1.92. The molecule has 0 fully saturated rings. The number of carbonyl (C=O) groups is 1. The van der Waals surface area contributed by atoms with Crippen LogP contribution in [0, 0.1) is 22.7 Å². The van der Waals surface area contributed by atoms with Crippen molar-refractivity contribution in [2.24, 2.45) is 0 Å². The Morgan fingerprint density at radius 3 is 2.39 bits per heavy atom. The maximum absolute atomic E-state index is 12.0. The van der Waals surface area contributed by atoms with Crippen LogP contribution in [-0.2, 0) is 11.2 Å². The summed E-state index contributed by atoms with van der Waals surface area (Å²) in [5.74, 6) is -0.112. The summed E-state index contributed by atoms with van der Waals surface area (Å²) in [6.45, 7) is 0. The van der Waals surface area contributed by atoms with Crippen molar-refractivity contribution in [1.82, 2.24) is 0 Å². The van der Waals surface area contributed by atoms with Crippen molar-refractivity contribution in [3.8, 4) is 12.1 Å². The monoisotopic (exact) mass is 302 g/mol. The van der Waals surface area contributed by atoms with Crippen molar-refractivity contribution in [1.29, 1.82) is 10.5 Å². The summed E-state index contributed by atoms with van der Waals surface area (Å²) in [7, 11) is 0. The van der Waals surface area contributed by atoms with Gasteiger partial charge in [0.25, 0.3) is 0 Å². The quantitative estimate of drug-likeness (QED) is 0.830. The lowest BCUT2D eigenvalue weighted by molar-refractivity contribution is -0.115. The molecule has 2 aromatic rings. The van der Waals surface area contributed by atoms with E-state index in [1.165, 1.54) is 6.20 Å². The Hall–Kier alpha value is -3.57. The van der Waals surface area contributed by atoms with Crippen molar-refractivity contribution >= 4 is 17.3 Å². The number of carbonyl (C=O) groups excluding carboxylic acids is 1. The van der Waals surface area contributed by atoms with Gasteiger partial charge in [0, 0.05) is 17.6 Å². The predicted octanol–water partition coefficient (Wildman–Crippen LogP) is 3.21. The molecule has 0 aromatic heterocycles. The highest BCUT2D eigenvalue weighted by Gasteiger charge is 2.04. The van der Waals surface area contributed by atoms with E-state index in [0.29, 0.717) is 17.8 Å². The molecule has 0 bridgehead atoms. The van der Waals surface area contributed by atoms with Crippen LogP contribution in [0.25, 0.3) is 0 Å². The Morgan fingerprint density at radius 1 is 1.00 bits per heavy atom. The molecular formula is C18H14N4O. The molecule has 112 valence electrons. The van der Waals surface area contributed by atoms with E-state index in [-0.39, 0.29) is 11.5 Å². The van der Waals surface area contributed by atoms with E-state index in [9.17, 15) is 4.79 Å². The Kier molecular flexibility index (Phi) is 5.51. The molecule has 23 heavy (non-hydrogen) atoms. The number of anilines is 2. The normalized spacial score (nSPS) is 9.13. The van der Waals surface area contributed by atoms with Crippen molar-refractivity contribution in [2.45, 2.75) is 6.42 Å². The smallest absolute Gasteiger partial charge is 0.228 e. The van der Waals surface area contributed by atoms with E-state index < -0.39 is 0 Å². The van der Waals surface area contributed by atoms with Gasteiger partial charge in [0.05, 0.1) is 6.42 Å². The summed E-state index contributed by atoms with van der Waals surface area (Å²) in [5, 5.41) is 23.0. The molecule has 0 heterocycles. The van der Waals surface area contributed by atoms with E-state index in [2.05, 4.69) is 10.6 Å². The summed E-state index contributed by atoms with van der Waals surface area (Å²) in [6.07, 6.45) is 1.62. The van der Waals surface area contributed by atoms with Gasteiger partial charge in [-0.3, -0.25) is 4.79 Å². The maximum atomic E-state index is 12.0. The lowest BCUT2D eigenvalue weighted by atomic mass is 10.1. The van der Waals surface area contributed by atoms with E-state index in [1.807, 2.05) is 30.3 Å². The van der Waals surface area contributed by atoms with Crippen molar-refractivity contribution in [3.63, 3.8) is 0 Å². The minimum atomic E-state index is -0.112. The fourth-order valence-corrected chi connectivity index (χ4v) is 1.92. The third kappa shape index (κ3) is 5.04. The molecule has 2 aromatic carbocycles. The van der Waals surface area contributed by atoms with Gasteiger partial charge in [-0.15, -0.1) is 0 Å². The Balaban J connectivity index is 2.00. The van der Waals surface area contributed by atoms with Crippen molar-refractivity contribution in [3.05, 3.63) is 71.9 Å². The Bertz CT molecular complexity index is 782. The molecule has 1 amide bonds. The Labute approximate surface area is 134 Å². The molecule has 0 unspecified atom stereocenters. The van der Waals surface area contributed by atoms with Crippen LogP contribution in [-0.4, -0.2) is 5.91 Å². The van der Waals surface area contributed by atoms with Gasteiger partial charge in [0.2, 0.25) is 5.91 Å². The van der Waals surface area contributed by atoms with Crippen LogP contribution in [0.5, 0.6) is 0 Å². The molecule has 0 spiro atoms. The van der Waals surface area contributed by atoms with Crippen LogP contribution in [0.2, 0.25) is 0 Å². The largest absolute Gasteiger partial charge is 0.360 e. The van der Waals surface area contributed by atoms with E-state index in [1.54, 1.807) is 36.4 Å². The molecule has 5 heteroatoms. The lowest BCUT2D eigenvalue weighted by Gasteiger charge is -2.07. The van der Waals surface area contributed by atoms with Crippen LogP contribution in [0.15, 0.2) is 66.4 Å². The first kappa shape index (κ1) is 15.8. The molecule has 0 aliphatic heterocycles. The average Bonchev–Trinajstić information content (AvgIpc) is 2.57. The zero-order chi connectivity index (χ0) is 16.5.